The Labute approximate surface area is 71.0 Å². The van der Waals surface area contributed by atoms with Gasteiger partial charge in [0.15, 0.2) is 0 Å². The molecule has 1 rings (SSSR count). The molecule has 70 valence electrons. The minimum atomic E-state index is -3.28. The first-order chi connectivity index (χ1) is 5.45. The molecule has 1 fully saturated rings. The summed E-state index contributed by atoms with van der Waals surface area (Å²) >= 11 is 0. The van der Waals surface area contributed by atoms with Gasteiger partial charge in [-0.25, -0.2) is 8.42 Å². The van der Waals surface area contributed by atoms with Crippen LogP contribution in [0.15, 0.2) is 0 Å². The normalized spacial score (nSPS) is 25.4. The first kappa shape index (κ1) is 9.47. The molecule has 0 aromatic carbocycles. The summed E-state index contributed by atoms with van der Waals surface area (Å²) in [6.45, 7) is 1.71. The third kappa shape index (κ3) is 1.59. The minimum absolute atomic E-state index is 0.0740. The summed E-state index contributed by atoms with van der Waals surface area (Å²) in [5, 5.41) is 8.57. The van der Waals surface area contributed by atoms with Crippen molar-refractivity contribution in [2.75, 3.05) is 12.3 Å². The number of hydrogen-bond acceptors (Lipinski definition) is 3. The Bertz CT molecular complexity index is 284. The molecule has 0 aliphatic carbocycles. The van der Waals surface area contributed by atoms with Gasteiger partial charge in [0.25, 0.3) is 0 Å². The van der Waals surface area contributed by atoms with E-state index in [0.717, 1.165) is 4.31 Å². The van der Waals surface area contributed by atoms with Gasteiger partial charge in [-0.05, 0) is 13.3 Å². The van der Waals surface area contributed by atoms with Crippen LogP contribution >= 0.6 is 0 Å². The van der Waals surface area contributed by atoms with Gasteiger partial charge in [0, 0.05) is 6.54 Å². The summed E-state index contributed by atoms with van der Waals surface area (Å²) in [5.74, 6) is -1.02. The summed E-state index contributed by atoms with van der Waals surface area (Å²) in [6, 6.07) is -0.933. The molecular formula is C6H11NO4S. The van der Waals surface area contributed by atoms with Gasteiger partial charge in [-0.2, -0.15) is 4.31 Å². The summed E-state index contributed by atoms with van der Waals surface area (Å²) in [7, 11) is -3.28. The average Bonchev–Trinajstić information content (AvgIpc) is 2.27. The first-order valence-electron chi connectivity index (χ1n) is 3.67. The van der Waals surface area contributed by atoms with E-state index in [-0.39, 0.29) is 5.75 Å². The van der Waals surface area contributed by atoms with Crippen molar-refractivity contribution in [1.82, 2.24) is 4.31 Å². The fourth-order valence-corrected chi connectivity index (χ4v) is 2.92. The van der Waals surface area contributed by atoms with Crippen molar-refractivity contribution in [2.45, 2.75) is 19.4 Å². The number of aliphatic carboxylic acids is 1. The number of rotatable bonds is 2. The molecule has 1 aliphatic rings. The molecule has 1 unspecified atom stereocenters. The maximum Gasteiger partial charge on any atom is 0.321 e. The molecule has 0 spiro atoms. The fourth-order valence-electron chi connectivity index (χ4n) is 1.22. The molecular weight excluding hydrogens is 182 g/mol. The SMILES string of the molecule is CC(C(=O)O)N1CCCS1(=O)=O. The Hall–Kier alpha value is -0.620. The fraction of sp³-hybridized carbons (Fsp3) is 0.833. The molecule has 1 N–H and O–H groups in total. The number of carbonyl (C=O) groups is 1. The van der Waals surface area contributed by atoms with Gasteiger partial charge in [-0.1, -0.05) is 0 Å². The maximum atomic E-state index is 11.2. The van der Waals surface area contributed by atoms with E-state index in [4.69, 9.17) is 5.11 Å². The van der Waals surface area contributed by atoms with Crippen molar-refractivity contribution in [3.8, 4) is 0 Å². The second kappa shape index (κ2) is 3.02. The number of carboxylic acid groups (broad SMARTS) is 1. The molecule has 0 bridgehead atoms. The van der Waals surface area contributed by atoms with E-state index in [1.54, 1.807) is 0 Å². The van der Waals surface area contributed by atoms with Gasteiger partial charge in [0.2, 0.25) is 10.0 Å². The molecule has 0 aromatic rings. The van der Waals surface area contributed by atoms with Crippen LogP contribution in [-0.2, 0) is 14.8 Å². The monoisotopic (exact) mass is 193 g/mol. The zero-order valence-electron chi connectivity index (χ0n) is 6.73. The second-order valence-corrected chi connectivity index (χ2v) is 4.84. The highest BCUT2D eigenvalue weighted by molar-refractivity contribution is 7.89. The largest absolute Gasteiger partial charge is 0.480 e. The van der Waals surface area contributed by atoms with Crippen molar-refractivity contribution < 1.29 is 18.3 Å². The molecule has 6 heteroatoms. The van der Waals surface area contributed by atoms with Crippen LogP contribution in [-0.4, -0.2) is 42.1 Å². The lowest BCUT2D eigenvalue weighted by atomic mass is 10.3. The van der Waals surface area contributed by atoms with Gasteiger partial charge in [-0.3, -0.25) is 4.79 Å². The highest BCUT2D eigenvalue weighted by Crippen LogP contribution is 2.16. The third-order valence-electron chi connectivity index (χ3n) is 1.93. The number of carboxylic acids is 1. The molecule has 1 aliphatic heterocycles. The average molecular weight is 193 g/mol. The standard InChI is InChI=1S/C6H11NO4S/c1-5(6(8)9)7-3-2-4-12(7,10)11/h5H,2-4H2,1H3,(H,8,9). The molecule has 1 saturated heterocycles. The van der Waals surface area contributed by atoms with E-state index in [1.807, 2.05) is 0 Å². The van der Waals surface area contributed by atoms with E-state index < -0.39 is 22.0 Å². The summed E-state index contributed by atoms with van der Waals surface area (Å²) in [6.07, 6.45) is 0.528. The molecule has 0 amide bonds. The zero-order chi connectivity index (χ0) is 9.35. The number of sulfonamides is 1. The van der Waals surface area contributed by atoms with Gasteiger partial charge in [0.05, 0.1) is 5.75 Å². The second-order valence-electron chi connectivity index (χ2n) is 2.79. The third-order valence-corrected chi connectivity index (χ3v) is 3.95. The topological polar surface area (TPSA) is 74.7 Å². The summed E-state index contributed by atoms with van der Waals surface area (Å²) in [5.41, 5.74) is 0. The van der Waals surface area contributed by atoms with E-state index in [2.05, 4.69) is 0 Å². The Morgan fingerprint density at radius 2 is 2.17 bits per heavy atom. The molecule has 5 nitrogen and oxygen atoms in total. The smallest absolute Gasteiger partial charge is 0.321 e. The lowest BCUT2D eigenvalue weighted by Crippen LogP contribution is -2.39. The Morgan fingerprint density at radius 1 is 1.58 bits per heavy atom. The van der Waals surface area contributed by atoms with Crippen LogP contribution in [0.2, 0.25) is 0 Å². The van der Waals surface area contributed by atoms with Crippen LogP contribution in [0.3, 0.4) is 0 Å². The van der Waals surface area contributed by atoms with Crippen molar-refractivity contribution >= 4 is 16.0 Å². The lowest BCUT2D eigenvalue weighted by Gasteiger charge is -2.18. The van der Waals surface area contributed by atoms with Crippen LogP contribution < -0.4 is 0 Å². The first-order valence-corrected chi connectivity index (χ1v) is 5.28. The van der Waals surface area contributed by atoms with Crippen LogP contribution in [0.4, 0.5) is 0 Å². The van der Waals surface area contributed by atoms with E-state index in [0.29, 0.717) is 13.0 Å². The van der Waals surface area contributed by atoms with Gasteiger partial charge < -0.3 is 5.11 Å². The van der Waals surface area contributed by atoms with E-state index in [9.17, 15) is 13.2 Å². The summed E-state index contributed by atoms with van der Waals surface area (Å²) < 4.78 is 23.4. The highest BCUT2D eigenvalue weighted by Gasteiger charge is 2.35. The zero-order valence-corrected chi connectivity index (χ0v) is 7.54. The molecule has 0 radical (unpaired) electrons. The van der Waals surface area contributed by atoms with Gasteiger partial charge in [0.1, 0.15) is 6.04 Å². The predicted octanol–water partition coefficient (Wildman–Crippen LogP) is -0.505. The molecule has 1 atom stereocenters. The Kier molecular flexibility index (Phi) is 2.39. The number of hydrogen-bond donors (Lipinski definition) is 1. The van der Waals surface area contributed by atoms with Crippen molar-refractivity contribution in [2.24, 2.45) is 0 Å². The highest BCUT2D eigenvalue weighted by atomic mass is 32.2. The lowest BCUT2D eigenvalue weighted by molar-refractivity contribution is -0.140. The van der Waals surface area contributed by atoms with Crippen molar-refractivity contribution in [3.63, 3.8) is 0 Å². The van der Waals surface area contributed by atoms with Crippen LogP contribution in [0.1, 0.15) is 13.3 Å². The quantitative estimate of drug-likeness (QED) is 0.641. The van der Waals surface area contributed by atoms with E-state index in [1.165, 1.54) is 6.92 Å². The predicted molar refractivity (Wildman–Crippen MR) is 42.2 cm³/mol. The van der Waals surface area contributed by atoms with Crippen LogP contribution in [0, 0.1) is 0 Å². The Morgan fingerprint density at radius 3 is 2.50 bits per heavy atom. The molecule has 0 aromatic heterocycles. The molecule has 1 heterocycles. The van der Waals surface area contributed by atoms with Crippen LogP contribution in [0.25, 0.3) is 0 Å². The van der Waals surface area contributed by atoms with Crippen molar-refractivity contribution in [1.29, 1.82) is 0 Å². The maximum absolute atomic E-state index is 11.2. The number of nitrogens with zero attached hydrogens (tertiary/aromatic N) is 1. The molecule has 0 saturated carbocycles. The minimum Gasteiger partial charge on any atom is -0.480 e. The van der Waals surface area contributed by atoms with E-state index >= 15 is 0 Å². The molecule has 12 heavy (non-hydrogen) atoms. The van der Waals surface area contributed by atoms with Crippen LogP contribution in [0.5, 0.6) is 0 Å². The van der Waals surface area contributed by atoms with Gasteiger partial charge in [-0.15, -0.1) is 0 Å². The summed E-state index contributed by atoms with van der Waals surface area (Å²) in [4.78, 5) is 10.5. The Balaban J connectivity index is 2.83. The van der Waals surface area contributed by atoms with Gasteiger partial charge >= 0.3 is 5.97 Å². The van der Waals surface area contributed by atoms with Crippen molar-refractivity contribution in [3.05, 3.63) is 0 Å².